The molecule has 6 heteroatoms. The highest BCUT2D eigenvalue weighted by Crippen LogP contribution is 2.25. The summed E-state index contributed by atoms with van der Waals surface area (Å²) in [6.45, 7) is 7.93. The second kappa shape index (κ2) is 12.2. The van der Waals surface area contributed by atoms with Crippen LogP contribution in [0.4, 0.5) is 5.69 Å². The first kappa shape index (κ1) is 25.2. The molecule has 1 heterocycles. The van der Waals surface area contributed by atoms with E-state index in [-0.39, 0.29) is 16.8 Å². The highest BCUT2D eigenvalue weighted by atomic mass is 32.2. The molecule has 0 atom stereocenters. The Morgan fingerprint density at radius 3 is 2.22 bits per heavy atom. The number of piperazine rings is 1. The summed E-state index contributed by atoms with van der Waals surface area (Å²) >= 11 is 0. The van der Waals surface area contributed by atoms with Gasteiger partial charge >= 0.3 is 0 Å². The van der Waals surface area contributed by atoms with Gasteiger partial charge in [-0.3, -0.25) is 9.69 Å². The maximum absolute atomic E-state index is 12.3. The van der Waals surface area contributed by atoms with Gasteiger partial charge in [0.15, 0.2) is 9.84 Å². The zero-order valence-electron chi connectivity index (χ0n) is 20.1. The third-order valence-electron chi connectivity index (χ3n) is 7.21. The maximum atomic E-state index is 12.3. The Bertz CT molecular complexity index is 806. The molecule has 2 fully saturated rings. The number of hydrogen-bond donors (Lipinski definition) is 0. The van der Waals surface area contributed by atoms with Gasteiger partial charge in [0.05, 0.1) is 11.0 Å². The zero-order chi connectivity index (χ0) is 23.0. The number of sulfone groups is 1. The van der Waals surface area contributed by atoms with Crippen LogP contribution in [0.2, 0.25) is 0 Å². The van der Waals surface area contributed by atoms with Crippen molar-refractivity contribution < 1.29 is 13.2 Å². The molecule has 2 aliphatic rings. The van der Waals surface area contributed by atoms with E-state index in [0.717, 1.165) is 50.6 Å². The van der Waals surface area contributed by atoms with E-state index in [4.69, 9.17) is 0 Å². The molecule has 0 aromatic heterocycles. The number of nitrogens with zero attached hydrogens (tertiary/aromatic N) is 2. The van der Waals surface area contributed by atoms with Crippen LogP contribution < -0.4 is 4.90 Å². The van der Waals surface area contributed by atoms with Crippen LogP contribution in [0.1, 0.15) is 77.2 Å². The summed E-state index contributed by atoms with van der Waals surface area (Å²) in [6.07, 6.45) is 10.2. The van der Waals surface area contributed by atoms with Gasteiger partial charge < -0.3 is 4.90 Å². The first-order valence-electron chi connectivity index (χ1n) is 12.7. The van der Waals surface area contributed by atoms with E-state index in [0.29, 0.717) is 19.3 Å². The van der Waals surface area contributed by atoms with Crippen molar-refractivity contribution in [1.29, 1.82) is 0 Å². The summed E-state index contributed by atoms with van der Waals surface area (Å²) in [5.74, 6) is 0.473. The van der Waals surface area contributed by atoms with Crippen LogP contribution in [0.3, 0.4) is 0 Å². The molecule has 1 aliphatic carbocycles. The lowest BCUT2D eigenvalue weighted by Crippen LogP contribution is -2.50. The number of Topliss-reactive ketones (excluding diaryl/α,β-unsaturated/α-hetero) is 1. The predicted molar refractivity (Wildman–Crippen MR) is 133 cm³/mol. The number of carbonyl (C=O) groups is 1. The van der Waals surface area contributed by atoms with Gasteiger partial charge in [-0.25, -0.2) is 8.42 Å². The fourth-order valence-electron chi connectivity index (χ4n) is 4.97. The maximum Gasteiger partial charge on any atom is 0.152 e. The average Bonchev–Trinajstić information content (AvgIpc) is 2.80. The van der Waals surface area contributed by atoms with E-state index in [1.54, 1.807) is 13.8 Å². The molecular weight excluding hydrogens is 420 g/mol. The van der Waals surface area contributed by atoms with Crippen molar-refractivity contribution in [3.05, 3.63) is 29.8 Å². The Balaban J connectivity index is 1.35. The first-order chi connectivity index (χ1) is 15.3. The van der Waals surface area contributed by atoms with Crippen LogP contribution in [0, 0.1) is 0 Å². The van der Waals surface area contributed by atoms with Gasteiger partial charge in [0.25, 0.3) is 0 Å². The molecular formula is C26H42N2O3S. The van der Waals surface area contributed by atoms with Crippen molar-refractivity contribution in [2.24, 2.45) is 0 Å². The number of carbonyl (C=O) groups excluding carboxylic acids is 1. The second-order valence-electron chi connectivity index (χ2n) is 9.92. The molecule has 1 aromatic carbocycles. The van der Waals surface area contributed by atoms with Gasteiger partial charge in [-0.1, -0.05) is 37.8 Å². The summed E-state index contributed by atoms with van der Waals surface area (Å²) in [5, 5.41) is -0.312. The van der Waals surface area contributed by atoms with Crippen molar-refractivity contribution >= 4 is 21.3 Å². The Hall–Kier alpha value is -1.40. The van der Waals surface area contributed by atoms with E-state index in [2.05, 4.69) is 34.1 Å². The molecule has 0 radical (unpaired) electrons. The molecule has 1 aliphatic heterocycles. The standard InChI is InChI=1S/C26H42N2O3S/c1-22(2)32(30,31)20-8-4-7-11-26(29)21-23-12-14-25(15-13-23)28-18-16-27(17-19-28)24-9-5-3-6-10-24/h12-15,22,24H,3-11,16-21H2,1-2H3. The smallest absolute Gasteiger partial charge is 0.152 e. The monoisotopic (exact) mass is 462 g/mol. The summed E-state index contributed by atoms with van der Waals surface area (Å²) in [6, 6.07) is 9.32. The van der Waals surface area contributed by atoms with Gasteiger partial charge in [0, 0.05) is 50.7 Å². The molecule has 0 amide bonds. The summed E-state index contributed by atoms with van der Waals surface area (Å²) in [5.41, 5.74) is 2.33. The molecule has 32 heavy (non-hydrogen) atoms. The number of benzene rings is 1. The Kier molecular flexibility index (Phi) is 9.60. The van der Waals surface area contributed by atoms with Crippen molar-refractivity contribution in [3.63, 3.8) is 0 Å². The second-order valence-corrected chi connectivity index (χ2v) is 12.6. The van der Waals surface area contributed by atoms with Crippen molar-refractivity contribution in [1.82, 2.24) is 4.90 Å². The lowest BCUT2D eigenvalue weighted by molar-refractivity contribution is -0.118. The van der Waals surface area contributed by atoms with Crippen molar-refractivity contribution in [2.75, 3.05) is 36.8 Å². The minimum absolute atomic E-state index is 0.231. The third-order valence-corrected chi connectivity index (χ3v) is 9.51. The van der Waals surface area contributed by atoms with Gasteiger partial charge in [-0.2, -0.15) is 0 Å². The van der Waals surface area contributed by atoms with Crippen molar-refractivity contribution in [2.45, 2.75) is 89.3 Å². The number of rotatable bonds is 11. The van der Waals surface area contributed by atoms with Gasteiger partial charge in [0.2, 0.25) is 0 Å². The Morgan fingerprint density at radius 2 is 1.59 bits per heavy atom. The number of unbranched alkanes of at least 4 members (excludes halogenated alkanes) is 2. The minimum atomic E-state index is -2.96. The lowest BCUT2D eigenvalue weighted by atomic mass is 9.94. The normalized spacial score (nSPS) is 18.9. The Labute approximate surface area is 195 Å². The van der Waals surface area contributed by atoms with Crippen LogP contribution in [0.25, 0.3) is 0 Å². The van der Waals surface area contributed by atoms with E-state index >= 15 is 0 Å². The molecule has 0 N–H and O–H groups in total. The summed E-state index contributed by atoms with van der Waals surface area (Å²) < 4.78 is 23.7. The van der Waals surface area contributed by atoms with Gasteiger partial charge in [0.1, 0.15) is 5.78 Å². The zero-order valence-corrected chi connectivity index (χ0v) is 20.9. The van der Waals surface area contributed by atoms with E-state index in [1.165, 1.54) is 37.8 Å². The summed E-state index contributed by atoms with van der Waals surface area (Å²) in [4.78, 5) is 17.5. The molecule has 1 saturated heterocycles. The highest BCUT2D eigenvalue weighted by molar-refractivity contribution is 7.91. The molecule has 0 spiro atoms. The van der Waals surface area contributed by atoms with E-state index in [9.17, 15) is 13.2 Å². The largest absolute Gasteiger partial charge is 0.369 e. The van der Waals surface area contributed by atoms with E-state index < -0.39 is 9.84 Å². The van der Waals surface area contributed by atoms with Gasteiger partial charge in [-0.05, 0) is 57.2 Å². The molecule has 1 aromatic rings. The Morgan fingerprint density at radius 1 is 0.938 bits per heavy atom. The first-order valence-corrected chi connectivity index (χ1v) is 14.4. The van der Waals surface area contributed by atoms with Crippen LogP contribution >= 0.6 is 0 Å². The molecule has 180 valence electrons. The van der Waals surface area contributed by atoms with Crippen LogP contribution in [0.5, 0.6) is 0 Å². The number of ketones is 1. The van der Waals surface area contributed by atoms with Crippen LogP contribution in [-0.2, 0) is 21.1 Å². The van der Waals surface area contributed by atoms with Crippen molar-refractivity contribution in [3.8, 4) is 0 Å². The fourth-order valence-corrected chi connectivity index (χ4v) is 6.05. The minimum Gasteiger partial charge on any atom is -0.369 e. The SMILES string of the molecule is CC(C)S(=O)(=O)CCCCCC(=O)Cc1ccc(N2CCN(C3CCCCC3)CC2)cc1. The van der Waals surface area contributed by atoms with Gasteiger partial charge in [-0.15, -0.1) is 0 Å². The quantitative estimate of drug-likeness (QED) is 0.449. The number of hydrogen-bond acceptors (Lipinski definition) is 5. The molecule has 3 rings (SSSR count). The molecule has 5 nitrogen and oxygen atoms in total. The third kappa shape index (κ3) is 7.58. The fraction of sp³-hybridized carbons (Fsp3) is 0.731. The lowest BCUT2D eigenvalue weighted by Gasteiger charge is -2.41. The molecule has 0 bridgehead atoms. The topological polar surface area (TPSA) is 57.7 Å². The highest BCUT2D eigenvalue weighted by Gasteiger charge is 2.25. The average molecular weight is 463 g/mol. The predicted octanol–water partition coefficient (Wildman–Crippen LogP) is 4.64. The van der Waals surface area contributed by atoms with Crippen LogP contribution in [-0.4, -0.2) is 62.3 Å². The van der Waals surface area contributed by atoms with Crippen LogP contribution in [0.15, 0.2) is 24.3 Å². The molecule has 1 saturated carbocycles. The number of anilines is 1. The van der Waals surface area contributed by atoms with E-state index in [1.807, 2.05) is 0 Å². The molecule has 0 unspecified atom stereocenters. The summed E-state index contributed by atoms with van der Waals surface area (Å²) in [7, 11) is -2.96.